The third kappa shape index (κ3) is 2.50. The molecule has 1 aliphatic carbocycles. The van der Waals surface area contributed by atoms with Crippen LogP contribution >= 0.6 is 0 Å². The van der Waals surface area contributed by atoms with Gasteiger partial charge in [-0.1, -0.05) is 12.8 Å². The molecule has 116 valence electrons. The average molecular weight is 293 g/mol. The van der Waals surface area contributed by atoms with Crippen LogP contribution in [-0.4, -0.2) is 52.3 Å². The molecule has 0 aromatic carbocycles. The minimum absolute atomic E-state index is 0.0498. The Bertz CT molecular complexity index is 461. The molecule has 2 bridgehead atoms. The Morgan fingerprint density at radius 3 is 2.95 bits per heavy atom. The molecule has 5 unspecified atom stereocenters. The average Bonchev–Trinajstić information content (AvgIpc) is 3.20. The van der Waals surface area contributed by atoms with E-state index in [4.69, 9.17) is 9.47 Å². The van der Waals surface area contributed by atoms with Gasteiger partial charge < -0.3 is 24.5 Å². The molecule has 0 amide bonds. The van der Waals surface area contributed by atoms with E-state index in [1.165, 1.54) is 25.7 Å². The van der Waals surface area contributed by atoms with E-state index in [1.54, 1.807) is 12.5 Å². The van der Waals surface area contributed by atoms with Crippen molar-refractivity contribution in [2.24, 2.45) is 5.92 Å². The van der Waals surface area contributed by atoms with Gasteiger partial charge >= 0.3 is 0 Å². The second-order valence-corrected chi connectivity index (χ2v) is 6.45. The van der Waals surface area contributed by atoms with Gasteiger partial charge in [0.15, 0.2) is 6.29 Å². The van der Waals surface area contributed by atoms with Gasteiger partial charge in [-0.05, 0) is 25.3 Å². The van der Waals surface area contributed by atoms with Crippen LogP contribution < -0.4 is 5.32 Å². The fourth-order valence-electron chi connectivity index (χ4n) is 3.93. The summed E-state index contributed by atoms with van der Waals surface area (Å²) < 4.78 is 13.5. The van der Waals surface area contributed by atoms with E-state index in [0.29, 0.717) is 6.61 Å². The van der Waals surface area contributed by atoms with E-state index < -0.39 is 6.10 Å². The summed E-state index contributed by atoms with van der Waals surface area (Å²) in [6, 6.07) is -0.302. The molecular formula is C15H23N3O3. The van der Waals surface area contributed by atoms with Crippen LogP contribution in [0.2, 0.25) is 0 Å². The zero-order chi connectivity index (χ0) is 14.2. The number of aliphatic hydroxyl groups excluding tert-OH is 1. The van der Waals surface area contributed by atoms with Gasteiger partial charge in [0.1, 0.15) is 12.1 Å². The first-order chi connectivity index (χ1) is 10.3. The number of nitrogens with one attached hydrogen (secondary N) is 1. The lowest BCUT2D eigenvalue weighted by atomic mass is 9.95. The lowest BCUT2D eigenvalue weighted by Gasteiger charge is -2.39. The maximum absolute atomic E-state index is 10.8. The molecule has 3 aliphatic rings. The number of hydrogen-bond acceptors (Lipinski definition) is 5. The molecule has 1 saturated carbocycles. The number of aliphatic hydroxyl groups is 1. The number of imidazole rings is 1. The standard InChI is InChI=1S/C15H23N3O3/c19-14-12(17-7-10-3-1-2-4-10)11-8-20-15(21-11)13(14)18-6-5-16-9-18/h5-6,9-15,17,19H,1-4,7-8H2. The first kappa shape index (κ1) is 13.7. The van der Waals surface area contributed by atoms with Crippen LogP contribution in [0.25, 0.3) is 0 Å². The van der Waals surface area contributed by atoms with Gasteiger partial charge in [-0.2, -0.15) is 0 Å². The Hall–Kier alpha value is -0.950. The van der Waals surface area contributed by atoms with Crippen LogP contribution in [-0.2, 0) is 9.47 Å². The second kappa shape index (κ2) is 5.68. The van der Waals surface area contributed by atoms with Crippen molar-refractivity contribution < 1.29 is 14.6 Å². The zero-order valence-electron chi connectivity index (χ0n) is 12.1. The monoisotopic (exact) mass is 293 g/mol. The topological polar surface area (TPSA) is 68.5 Å². The summed E-state index contributed by atoms with van der Waals surface area (Å²) in [4.78, 5) is 4.07. The molecule has 2 saturated heterocycles. The molecule has 1 aromatic heterocycles. The maximum atomic E-state index is 10.8. The molecule has 5 atom stereocenters. The molecular weight excluding hydrogens is 270 g/mol. The van der Waals surface area contributed by atoms with Gasteiger partial charge in [-0.25, -0.2) is 4.98 Å². The molecule has 0 spiro atoms. The van der Waals surface area contributed by atoms with E-state index in [1.807, 2.05) is 10.8 Å². The lowest BCUT2D eigenvalue weighted by Crippen LogP contribution is -2.58. The fourth-order valence-corrected chi connectivity index (χ4v) is 3.93. The number of rotatable bonds is 4. The summed E-state index contributed by atoms with van der Waals surface area (Å²) in [6.45, 7) is 1.51. The quantitative estimate of drug-likeness (QED) is 0.855. The molecule has 3 heterocycles. The number of aromatic nitrogens is 2. The van der Waals surface area contributed by atoms with Crippen LogP contribution in [0.15, 0.2) is 18.7 Å². The molecule has 21 heavy (non-hydrogen) atoms. The summed E-state index contributed by atoms with van der Waals surface area (Å²) >= 11 is 0. The molecule has 2 aliphatic heterocycles. The predicted molar refractivity (Wildman–Crippen MR) is 75.6 cm³/mol. The highest BCUT2D eigenvalue weighted by molar-refractivity contribution is 5.01. The molecule has 6 nitrogen and oxygen atoms in total. The van der Waals surface area contributed by atoms with Gasteiger partial charge in [0.25, 0.3) is 0 Å². The first-order valence-corrected chi connectivity index (χ1v) is 7.99. The van der Waals surface area contributed by atoms with Crippen LogP contribution in [0.4, 0.5) is 0 Å². The highest BCUT2D eigenvalue weighted by Gasteiger charge is 2.50. The van der Waals surface area contributed by atoms with Crippen molar-refractivity contribution >= 4 is 0 Å². The van der Waals surface area contributed by atoms with Crippen LogP contribution in [0, 0.1) is 5.92 Å². The third-order valence-electron chi connectivity index (χ3n) is 5.12. The van der Waals surface area contributed by atoms with Crippen LogP contribution in [0.1, 0.15) is 31.7 Å². The Balaban J connectivity index is 1.47. The van der Waals surface area contributed by atoms with Crippen LogP contribution in [0.5, 0.6) is 0 Å². The molecule has 0 radical (unpaired) electrons. The molecule has 6 heteroatoms. The van der Waals surface area contributed by atoms with Crippen molar-refractivity contribution in [1.82, 2.24) is 14.9 Å². The van der Waals surface area contributed by atoms with E-state index >= 15 is 0 Å². The van der Waals surface area contributed by atoms with Crippen molar-refractivity contribution in [1.29, 1.82) is 0 Å². The predicted octanol–water partition coefficient (Wildman–Crippen LogP) is 0.689. The minimum atomic E-state index is -0.521. The summed E-state index contributed by atoms with van der Waals surface area (Å²) in [7, 11) is 0. The Morgan fingerprint density at radius 1 is 1.33 bits per heavy atom. The summed E-state index contributed by atoms with van der Waals surface area (Å²) in [6.07, 6.45) is 9.61. The number of nitrogens with zero attached hydrogens (tertiary/aromatic N) is 2. The van der Waals surface area contributed by atoms with Crippen molar-refractivity contribution in [3.8, 4) is 0 Å². The van der Waals surface area contributed by atoms with E-state index in [9.17, 15) is 5.11 Å². The summed E-state index contributed by atoms with van der Waals surface area (Å²) in [5.74, 6) is 0.740. The van der Waals surface area contributed by atoms with Crippen molar-refractivity contribution in [2.75, 3.05) is 13.2 Å². The van der Waals surface area contributed by atoms with Gasteiger partial charge in [0.05, 0.1) is 25.1 Å². The third-order valence-corrected chi connectivity index (χ3v) is 5.12. The van der Waals surface area contributed by atoms with E-state index in [2.05, 4.69) is 10.3 Å². The molecule has 2 N–H and O–H groups in total. The zero-order valence-corrected chi connectivity index (χ0v) is 12.1. The van der Waals surface area contributed by atoms with E-state index in [-0.39, 0.29) is 24.5 Å². The highest BCUT2D eigenvalue weighted by Crippen LogP contribution is 2.36. The van der Waals surface area contributed by atoms with Crippen LogP contribution in [0.3, 0.4) is 0 Å². The largest absolute Gasteiger partial charge is 0.389 e. The molecule has 3 fully saturated rings. The normalized spacial score (nSPS) is 40.0. The van der Waals surface area contributed by atoms with E-state index in [0.717, 1.165) is 12.5 Å². The number of hydrogen-bond donors (Lipinski definition) is 2. The van der Waals surface area contributed by atoms with Gasteiger partial charge in [-0.15, -0.1) is 0 Å². The van der Waals surface area contributed by atoms with Gasteiger partial charge in [0.2, 0.25) is 0 Å². The summed E-state index contributed by atoms with van der Waals surface area (Å²) in [5.41, 5.74) is 0. The first-order valence-electron chi connectivity index (χ1n) is 7.99. The number of ether oxygens (including phenoxy) is 2. The summed E-state index contributed by atoms with van der Waals surface area (Å²) in [5, 5.41) is 14.3. The Kier molecular flexibility index (Phi) is 3.71. The minimum Gasteiger partial charge on any atom is -0.389 e. The molecule has 4 rings (SSSR count). The highest BCUT2D eigenvalue weighted by atomic mass is 16.7. The fraction of sp³-hybridized carbons (Fsp3) is 0.800. The lowest BCUT2D eigenvalue weighted by molar-refractivity contribution is -0.165. The SMILES string of the molecule is OC1C(NCC2CCCC2)C2COC(O2)C1n1ccnc1. The van der Waals surface area contributed by atoms with Crippen molar-refractivity contribution in [2.45, 2.75) is 56.3 Å². The Labute approximate surface area is 124 Å². The van der Waals surface area contributed by atoms with Crippen molar-refractivity contribution in [3.63, 3.8) is 0 Å². The smallest absolute Gasteiger partial charge is 0.181 e. The van der Waals surface area contributed by atoms with Gasteiger partial charge in [-0.3, -0.25) is 0 Å². The number of fused-ring (bicyclic) bond motifs is 2. The Morgan fingerprint density at radius 2 is 2.19 bits per heavy atom. The second-order valence-electron chi connectivity index (χ2n) is 6.45. The van der Waals surface area contributed by atoms with Crippen molar-refractivity contribution in [3.05, 3.63) is 18.7 Å². The maximum Gasteiger partial charge on any atom is 0.181 e. The van der Waals surface area contributed by atoms with Gasteiger partial charge in [0, 0.05) is 12.4 Å². The molecule has 1 aromatic rings.